The van der Waals surface area contributed by atoms with E-state index in [-0.39, 0.29) is 5.56 Å². The molecule has 0 aromatic carbocycles. The minimum Gasteiger partial charge on any atom is -0.367 e. The van der Waals surface area contributed by atoms with Gasteiger partial charge in [0.1, 0.15) is 11.6 Å². The molecule has 1 aromatic rings. The molecule has 0 saturated heterocycles. The van der Waals surface area contributed by atoms with E-state index in [1.165, 1.54) is 6.07 Å². The Morgan fingerprint density at radius 3 is 2.57 bits per heavy atom. The number of aromatic amines is 1. The maximum absolute atomic E-state index is 11.1. The Labute approximate surface area is 83.8 Å². The van der Waals surface area contributed by atoms with Crippen LogP contribution >= 0.6 is 0 Å². The average molecular weight is 195 g/mol. The summed E-state index contributed by atoms with van der Waals surface area (Å²) in [6.45, 7) is 8.09. The Morgan fingerprint density at radius 1 is 1.43 bits per heavy atom. The number of nitrogens with one attached hydrogen (secondary N) is 2. The van der Waals surface area contributed by atoms with E-state index in [1.807, 2.05) is 0 Å². The van der Waals surface area contributed by atoms with Crippen molar-refractivity contribution >= 4 is 5.82 Å². The number of hydrogen-bond acceptors (Lipinski definition) is 3. The van der Waals surface area contributed by atoms with Crippen LogP contribution in [0.25, 0.3) is 0 Å². The highest BCUT2D eigenvalue weighted by Gasteiger charge is 2.07. The van der Waals surface area contributed by atoms with Crippen molar-refractivity contribution in [3.8, 4) is 0 Å². The topological polar surface area (TPSA) is 57.8 Å². The lowest BCUT2D eigenvalue weighted by molar-refractivity contribution is 0.558. The van der Waals surface area contributed by atoms with Crippen LogP contribution in [0.5, 0.6) is 0 Å². The second kappa shape index (κ2) is 4.26. The Hall–Kier alpha value is -1.32. The van der Waals surface area contributed by atoms with Crippen molar-refractivity contribution in [2.75, 3.05) is 5.32 Å². The highest BCUT2D eigenvalue weighted by Crippen LogP contribution is 2.07. The van der Waals surface area contributed by atoms with Gasteiger partial charge in [-0.25, -0.2) is 4.98 Å². The van der Waals surface area contributed by atoms with Gasteiger partial charge in [0.05, 0.1) is 0 Å². The van der Waals surface area contributed by atoms with E-state index in [0.717, 1.165) is 0 Å². The summed E-state index contributed by atoms with van der Waals surface area (Å²) in [6.07, 6.45) is 0. The smallest absolute Gasteiger partial charge is 0.252 e. The third kappa shape index (κ3) is 2.87. The van der Waals surface area contributed by atoms with Gasteiger partial charge in [-0.3, -0.25) is 4.79 Å². The van der Waals surface area contributed by atoms with Gasteiger partial charge in [-0.1, -0.05) is 13.8 Å². The molecule has 1 heterocycles. The van der Waals surface area contributed by atoms with Crippen molar-refractivity contribution in [3.05, 3.63) is 22.2 Å². The molecule has 0 aliphatic carbocycles. The highest BCUT2D eigenvalue weighted by molar-refractivity contribution is 5.33. The van der Waals surface area contributed by atoms with Crippen LogP contribution in [0, 0.1) is 12.8 Å². The molecule has 1 rings (SSSR count). The summed E-state index contributed by atoms with van der Waals surface area (Å²) in [5.41, 5.74) is -0.115. The van der Waals surface area contributed by atoms with Gasteiger partial charge in [0.15, 0.2) is 0 Å². The third-order valence-electron chi connectivity index (χ3n) is 2.24. The summed E-state index contributed by atoms with van der Waals surface area (Å²) in [7, 11) is 0. The lowest BCUT2D eigenvalue weighted by Crippen LogP contribution is -2.23. The molecule has 4 heteroatoms. The first-order valence-electron chi connectivity index (χ1n) is 4.83. The van der Waals surface area contributed by atoms with Crippen molar-refractivity contribution in [3.63, 3.8) is 0 Å². The van der Waals surface area contributed by atoms with Crippen LogP contribution < -0.4 is 10.9 Å². The summed E-state index contributed by atoms with van der Waals surface area (Å²) in [6, 6.07) is 1.79. The number of rotatable bonds is 3. The van der Waals surface area contributed by atoms with Crippen LogP contribution in [0.2, 0.25) is 0 Å². The summed E-state index contributed by atoms with van der Waals surface area (Å²) in [5, 5.41) is 3.19. The SMILES string of the molecule is Cc1nc(NC(C)C(C)C)cc(=O)[nH]1. The quantitative estimate of drug-likeness (QED) is 0.769. The number of nitrogens with zero attached hydrogens (tertiary/aromatic N) is 1. The summed E-state index contributed by atoms with van der Waals surface area (Å²) in [5.74, 6) is 1.79. The van der Waals surface area contributed by atoms with E-state index in [2.05, 4.69) is 36.1 Å². The predicted octanol–water partition coefficient (Wildman–Crippen LogP) is 1.53. The summed E-state index contributed by atoms with van der Waals surface area (Å²) in [4.78, 5) is 17.9. The van der Waals surface area contributed by atoms with Crippen LogP contribution in [0.1, 0.15) is 26.6 Å². The molecule has 78 valence electrons. The zero-order chi connectivity index (χ0) is 10.7. The van der Waals surface area contributed by atoms with Crippen LogP contribution in [0.15, 0.2) is 10.9 Å². The molecule has 0 saturated carbocycles. The zero-order valence-electron chi connectivity index (χ0n) is 9.09. The van der Waals surface area contributed by atoms with Crippen molar-refractivity contribution in [2.24, 2.45) is 5.92 Å². The average Bonchev–Trinajstić information content (AvgIpc) is 2.01. The Bertz CT molecular complexity index is 357. The molecule has 4 nitrogen and oxygen atoms in total. The molecule has 1 atom stereocenters. The minimum absolute atomic E-state index is 0.115. The first-order valence-corrected chi connectivity index (χ1v) is 4.83. The Kier molecular flexibility index (Phi) is 3.28. The van der Waals surface area contributed by atoms with Crippen molar-refractivity contribution < 1.29 is 0 Å². The molecule has 14 heavy (non-hydrogen) atoms. The van der Waals surface area contributed by atoms with Gasteiger partial charge in [0, 0.05) is 12.1 Å². The minimum atomic E-state index is -0.115. The lowest BCUT2D eigenvalue weighted by Gasteiger charge is -2.17. The van der Waals surface area contributed by atoms with Crippen LogP contribution in [0.3, 0.4) is 0 Å². The van der Waals surface area contributed by atoms with Crippen molar-refractivity contribution in [1.82, 2.24) is 9.97 Å². The van der Waals surface area contributed by atoms with Crippen molar-refractivity contribution in [2.45, 2.75) is 33.7 Å². The fourth-order valence-corrected chi connectivity index (χ4v) is 1.05. The molecule has 0 bridgehead atoms. The van der Waals surface area contributed by atoms with Gasteiger partial charge in [-0.15, -0.1) is 0 Å². The molecule has 0 aliphatic heterocycles. The monoisotopic (exact) mass is 195 g/mol. The van der Waals surface area contributed by atoms with Gasteiger partial charge in [0.25, 0.3) is 5.56 Å². The van der Waals surface area contributed by atoms with E-state index in [4.69, 9.17) is 0 Å². The van der Waals surface area contributed by atoms with Crippen LogP contribution in [-0.2, 0) is 0 Å². The number of aryl methyl sites for hydroxylation is 1. The van der Waals surface area contributed by atoms with Gasteiger partial charge in [-0.2, -0.15) is 0 Å². The number of hydrogen-bond donors (Lipinski definition) is 2. The molecule has 0 amide bonds. The Balaban J connectivity index is 2.82. The molecule has 0 spiro atoms. The highest BCUT2D eigenvalue weighted by atomic mass is 16.1. The predicted molar refractivity (Wildman–Crippen MR) is 57.5 cm³/mol. The van der Waals surface area contributed by atoms with Crippen LogP contribution in [0.4, 0.5) is 5.82 Å². The van der Waals surface area contributed by atoms with E-state index >= 15 is 0 Å². The van der Waals surface area contributed by atoms with E-state index in [0.29, 0.717) is 23.6 Å². The Morgan fingerprint density at radius 2 is 2.07 bits per heavy atom. The number of anilines is 1. The van der Waals surface area contributed by atoms with E-state index in [9.17, 15) is 4.79 Å². The maximum Gasteiger partial charge on any atom is 0.252 e. The summed E-state index contributed by atoms with van der Waals surface area (Å²) < 4.78 is 0. The fraction of sp³-hybridized carbons (Fsp3) is 0.600. The summed E-state index contributed by atoms with van der Waals surface area (Å²) >= 11 is 0. The van der Waals surface area contributed by atoms with Gasteiger partial charge >= 0.3 is 0 Å². The van der Waals surface area contributed by atoms with Gasteiger partial charge < -0.3 is 10.3 Å². The van der Waals surface area contributed by atoms with Crippen LogP contribution in [-0.4, -0.2) is 16.0 Å². The maximum atomic E-state index is 11.1. The van der Waals surface area contributed by atoms with E-state index < -0.39 is 0 Å². The standard InChI is InChI=1S/C10H17N3O/c1-6(2)7(3)11-9-5-10(14)13-8(4)12-9/h5-7H,1-4H3,(H2,11,12,13,14). The molecule has 0 fully saturated rings. The molecule has 0 radical (unpaired) electrons. The normalized spacial score (nSPS) is 12.9. The zero-order valence-corrected chi connectivity index (χ0v) is 9.09. The van der Waals surface area contributed by atoms with Gasteiger partial charge in [0.2, 0.25) is 0 Å². The fourth-order valence-electron chi connectivity index (χ4n) is 1.05. The lowest BCUT2D eigenvalue weighted by atomic mass is 10.1. The molecule has 1 unspecified atom stereocenters. The largest absolute Gasteiger partial charge is 0.367 e. The number of aromatic nitrogens is 2. The molecular weight excluding hydrogens is 178 g/mol. The van der Waals surface area contributed by atoms with Gasteiger partial charge in [-0.05, 0) is 19.8 Å². The second-order valence-electron chi connectivity index (χ2n) is 3.89. The molecule has 2 N–H and O–H groups in total. The second-order valence-corrected chi connectivity index (χ2v) is 3.89. The number of H-pyrrole nitrogens is 1. The first-order chi connectivity index (χ1) is 6.49. The first kappa shape index (κ1) is 10.8. The molecule has 1 aromatic heterocycles. The third-order valence-corrected chi connectivity index (χ3v) is 2.24. The van der Waals surface area contributed by atoms with E-state index in [1.54, 1.807) is 6.92 Å². The molecular formula is C10H17N3O. The molecule has 0 aliphatic rings. The van der Waals surface area contributed by atoms with Crippen molar-refractivity contribution in [1.29, 1.82) is 0 Å².